The van der Waals surface area contributed by atoms with Crippen molar-refractivity contribution in [3.8, 4) is 6.19 Å². The third kappa shape index (κ3) is 3.31. The van der Waals surface area contributed by atoms with Crippen molar-refractivity contribution in [2.75, 3.05) is 13.1 Å². The number of nitrogens with one attached hydrogen (secondary N) is 1. The number of hydrogen-bond donors (Lipinski definition) is 1. The van der Waals surface area contributed by atoms with Crippen LogP contribution in [0.2, 0.25) is 10.0 Å². The molecular formula is C11H11Cl2N3O2S. The van der Waals surface area contributed by atoms with Crippen LogP contribution in [0.15, 0.2) is 23.1 Å². The number of likely N-dealkylation sites (tertiary alicyclic amines) is 1. The van der Waals surface area contributed by atoms with Crippen LogP contribution in [0.25, 0.3) is 0 Å². The number of nitrogens with zero attached hydrogens (tertiary/aromatic N) is 2. The summed E-state index contributed by atoms with van der Waals surface area (Å²) in [6.07, 6.45) is 2.58. The summed E-state index contributed by atoms with van der Waals surface area (Å²) in [5, 5.41) is 9.16. The molecular weight excluding hydrogens is 309 g/mol. The van der Waals surface area contributed by atoms with Gasteiger partial charge in [-0.2, -0.15) is 5.26 Å². The maximum atomic E-state index is 12.2. The van der Waals surface area contributed by atoms with Gasteiger partial charge in [0.1, 0.15) is 4.90 Å². The van der Waals surface area contributed by atoms with Gasteiger partial charge in [0, 0.05) is 24.2 Å². The van der Waals surface area contributed by atoms with E-state index in [1.54, 1.807) is 0 Å². The maximum Gasteiger partial charge on any atom is 0.242 e. The molecule has 19 heavy (non-hydrogen) atoms. The van der Waals surface area contributed by atoms with Crippen molar-refractivity contribution >= 4 is 33.2 Å². The van der Waals surface area contributed by atoms with Crippen LogP contribution in [-0.2, 0) is 10.0 Å². The molecule has 0 amide bonds. The van der Waals surface area contributed by atoms with Crippen LogP contribution >= 0.6 is 23.2 Å². The molecule has 1 fully saturated rings. The van der Waals surface area contributed by atoms with Crippen molar-refractivity contribution in [1.29, 1.82) is 5.26 Å². The summed E-state index contributed by atoms with van der Waals surface area (Å²) >= 11 is 11.7. The number of sulfonamides is 1. The molecule has 0 aliphatic carbocycles. The molecule has 1 aliphatic rings. The van der Waals surface area contributed by atoms with Crippen LogP contribution in [-0.4, -0.2) is 32.4 Å². The van der Waals surface area contributed by atoms with E-state index in [0.717, 1.165) is 0 Å². The lowest BCUT2D eigenvalue weighted by atomic mass is 10.3. The van der Waals surface area contributed by atoms with Gasteiger partial charge in [-0.3, -0.25) is 0 Å². The summed E-state index contributed by atoms with van der Waals surface area (Å²) in [6, 6.07) is 3.98. The first kappa shape index (κ1) is 14.4. The van der Waals surface area contributed by atoms with E-state index in [2.05, 4.69) is 4.72 Å². The van der Waals surface area contributed by atoms with Crippen LogP contribution in [0.4, 0.5) is 0 Å². The van der Waals surface area contributed by atoms with Gasteiger partial charge in [-0.1, -0.05) is 23.2 Å². The van der Waals surface area contributed by atoms with Crippen LogP contribution in [0, 0.1) is 11.5 Å². The van der Waals surface area contributed by atoms with Gasteiger partial charge in [0.25, 0.3) is 0 Å². The Hall–Kier alpha value is -1.000. The van der Waals surface area contributed by atoms with Gasteiger partial charge in [0.2, 0.25) is 10.0 Å². The van der Waals surface area contributed by atoms with Crippen LogP contribution in [0.3, 0.4) is 0 Å². The van der Waals surface area contributed by atoms with Gasteiger partial charge in [-0.05, 0) is 24.6 Å². The zero-order chi connectivity index (χ0) is 14.0. The van der Waals surface area contributed by atoms with Crippen LogP contribution < -0.4 is 4.72 Å². The molecule has 0 unspecified atom stereocenters. The second-order valence-electron chi connectivity index (χ2n) is 4.23. The largest absolute Gasteiger partial charge is 0.309 e. The van der Waals surface area contributed by atoms with E-state index in [9.17, 15) is 8.42 Å². The molecule has 0 radical (unpaired) electrons. The van der Waals surface area contributed by atoms with Gasteiger partial charge in [-0.15, -0.1) is 0 Å². The van der Waals surface area contributed by atoms with Crippen molar-refractivity contribution in [3.63, 3.8) is 0 Å². The van der Waals surface area contributed by atoms with E-state index < -0.39 is 10.0 Å². The Morgan fingerprint density at radius 2 is 2.16 bits per heavy atom. The van der Waals surface area contributed by atoms with Gasteiger partial charge < -0.3 is 4.90 Å². The average Bonchev–Trinajstić information content (AvgIpc) is 2.79. The Morgan fingerprint density at radius 3 is 2.79 bits per heavy atom. The van der Waals surface area contributed by atoms with E-state index in [1.165, 1.54) is 23.1 Å². The monoisotopic (exact) mass is 319 g/mol. The fraction of sp³-hybridized carbons (Fsp3) is 0.364. The van der Waals surface area contributed by atoms with Crippen molar-refractivity contribution in [2.45, 2.75) is 17.4 Å². The highest BCUT2D eigenvalue weighted by Gasteiger charge is 2.28. The highest BCUT2D eigenvalue weighted by Crippen LogP contribution is 2.25. The fourth-order valence-corrected chi connectivity index (χ4v) is 3.94. The zero-order valence-electron chi connectivity index (χ0n) is 9.81. The highest BCUT2D eigenvalue weighted by molar-refractivity contribution is 7.89. The first-order valence-electron chi connectivity index (χ1n) is 5.54. The maximum absolute atomic E-state index is 12.2. The van der Waals surface area contributed by atoms with E-state index in [4.69, 9.17) is 28.5 Å². The summed E-state index contributed by atoms with van der Waals surface area (Å²) < 4.78 is 26.9. The predicted octanol–water partition coefficient (Wildman–Crippen LogP) is 1.83. The van der Waals surface area contributed by atoms with E-state index in [1.807, 2.05) is 6.19 Å². The summed E-state index contributed by atoms with van der Waals surface area (Å²) in [4.78, 5) is 1.46. The predicted molar refractivity (Wildman–Crippen MR) is 72.4 cm³/mol. The Balaban J connectivity index is 2.20. The standard InChI is InChI=1S/C11H11Cl2N3O2S/c12-8-1-2-10(13)11(5-8)19(17,18)15-9-3-4-16(6-9)7-14/h1-2,5,9,15H,3-4,6H2/t9-/m1/s1. The number of rotatable bonds is 3. The van der Waals surface area contributed by atoms with Gasteiger partial charge >= 0.3 is 0 Å². The van der Waals surface area contributed by atoms with E-state index in [-0.39, 0.29) is 16.0 Å². The third-order valence-corrected chi connectivity index (χ3v) is 5.07. The van der Waals surface area contributed by atoms with Gasteiger partial charge in [0.05, 0.1) is 5.02 Å². The third-order valence-electron chi connectivity index (χ3n) is 2.83. The average molecular weight is 320 g/mol. The molecule has 1 aliphatic heterocycles. The summed E-state index contributed by atoms with van der Waals surface area (Å²) in [5.41, 5.74) is 0. The fourth-order valence-electron chi connectivity index (χ4n) is 1.91. The van der Waals surface area contributed by atoms with Crippen molar-refractivity contribution in [3.05, 3.63) is 28.2 Å². The molecule has 1 aromatic rings. The van der Waals surface area contributed by atoms with E-state index >= 15 is 0 Å². The molecule has 0 bridgehead atoms. The molecule has 1 heterocycles. The lowest BCUT2D eigenvalue weighted by molar-refractivity contribution is 0.470. The lowest BCUT2D eigenvalue weighted by Crippen LogP contribution is -2.36. The minimum Gasteiger partial charge on any atom is -0.309 e. The van der Waals surface area contributed by atoms with Gasteiger partial charge in [-0.25, -0.2) is 13.1 Å². The molecule has 5 nitrogen and oxygen atoms in total. The Kier molecular flexibility index (Phi) is 4.21. The number of halogens is 2. The number of nitriles is 1. The quantitative estimate of drug-likeness (QED) is 0.862. The second kappa shape index (κ2) is 5.55. The second-order valence-corrected chi connectivity index (χ2v) is 6.75. The Bertz CT molecular complexity index is 627. The summed E-state index contributed by atoms with van der Waals surface area (Å²) in [7, 11) is -3.73. The summed E-state index contributed by atoms with van der Waals surface area (Å²) in [6.45, 7) is 0.918. The van der Waals surface area contributed by atoms with Crippen molar-refractivity contribution in [1.82, 2.24) is 9.62 Å². The molecule has 1 aromatic carbocycles. The Labute approximate surface area is 121 Å². The number of benzene rings is 1. The number of hydrogen-bond acceptors (Lipinski definition) is 4. The minimum absolute atomic E-state index is 0.0444. The smallest absolute Gasteiger partial charge is 0.242 e. The Morgan fingerprint density at radius 1 is 1.42 bits per heavy atom. The molecule has 1 saturated heterocycles. The zero-order valence-corrected chi connectivity index (χ0v) is 12.1. The molecule has 1 atom stereocenters. The van der Waals surface area contributed by atoms with Gasteiger partial charge in [0.15, 0.2) is 6.19 Å². The summed E-state index contributed by atoms with van der Waals surface area (Å²) in [5.74, 6) is 0. The van der Waals surface area contributed by atoms with Crippen LogP contribution in [0.1, 0.15) is 6.42 Å². The van der Waals surface area contributed by atoms with Crippen molar-refractivity contribution < 1.29 is 8.42 Å². The molecule has 0 aromatic heterocycles. The molecule has 1 N–H and O–H groups in total. The first-order valence-corrected chi connectivity index (χ1v) is 7.78. The highest BCUT2D eigenvalue weighted by atomic mass is 35.5. The molecule has 8 heteroatoms. The molecule has 0 saturated carbocycles. The molecule has 0 spiro atoms. The molecule has 2 rings (SSSR count). The SMILES string of the molecule is N#CN1CC[C@@H](NS(=O)(=O)c2cc(Cl)ccc2Cl)C1. The lowest BCUT2D eigenvalue weighted by Gasteiger charge is -2.13. The van der Waals surface area contributed by atoms with E-state index in [0.29, 0.717) is 24.5 Å². The normalized spacial score (nSPS) is 19.4. The topological polar surface area (TPSA) is 73.2 Å². The first-order chi connectivity index (χ1) is 8.92. The molecule has 102 valence electrons. The van der Waals surface area contributed by atoms with Crippen LogP contribution in [0.5, 0.6) is 0 Å². The van der Waals surface area contributed by atoms with Crippen molar-refractivity contribution in [2.24, 2.45) is 0 Å². The minimum atomic E-state index is -3.73.